The van der Waals surface area contributed by atoms with Crippen LogP contribution in [0.2, 0.25) is 0 Å². The van der Waals surface area contributed by atoms with Gasteiger partial charge in [-0.3, -0.25) is 4.79 Å². The van der Waals surface area contributed by atoms with E-state index in [9.17, 15) is 4.79 Å². The molecule has 19 heavy (non-hydrogen) atoms. The zero-order chi connectivity index (χ0) is 13.8. The van der Waals surface area contributed by atoms with Gasteiger partial charge in [0.15, 0.2) is 0 Å². The van der Waals surface area contributed by atoms with Crippen molar-refractivity contribution in [2.75, 3.05) is 17.3 Å². The van der Waals surface area contributed by atoms with Gasteiger partial charge in [-0.1, -0.05) is 11.6 Å². The molecule has 2 rings (SSSR count). The van der Waals surface area contributed by atoms with E-state index in [1.165, 1.54) is 0 Å². The van der Waals surface area contributed by atoms with E-state index in [4.69, 9.17) is 5.73 Å². The molecule has 0 saturated carbocycles. The highest BCUT2D eigenvalue weighted by atomic mass is 32.2. The zero-order valence-electron chi connectivity index (χ0n) is 10.9. The summed E-state index contributed by atoms with van der Waals surface area (Å²) in [5.74, 6) is -0.182. The van der Waals surface area contributed by atoms with Crippen molar-refractivity contribution >= 4 is 29.0 Å². The first-order valence-corrected chi connectivity index (χ1v) is 7.14. The third-order valence-electron chi connectivity index (χ3n) is 2.80. The SMILES string of the molecule is CSc1ccc(NC(=O)c2cc(C)ccc2N)cc1. The number of rotatable bonds is 3. The molecule has 0 aromatic heterocycles. The summed E-state index contributed by atoms with van der Waals surface area (Å²) in [7, 11) is 0. The molecule has 2 aromatic carbocycles. The first-order valence-electron chi connectivity index (χ1n) is 5.91. The van der Waals surface area contributed by atoms with Crippen molar-refractivity contribution in [3.63, 3.8) is 0 Å². The van der Waals surface area contributed by atoms with Crippen LogP contribution in [0.1, 0.15) is 15.9 Å². The van der Waals surface area contributed by atoms with Crippen LogP contribution in [0.5, 0.6) is 0 Å². The van der Waals surface area contributed by atoms with Gasteiger partial charge in [-0.25, -0.2) is 0 Å². The van der Waals surface area contributed by atoms with Crippen molar-refractivity contribution in [3.05, 3.63) is 53.6 Å². The molecule has 4 heteroatoms. The molecule has 0 atom stereocenters. The fraction of sp³-hybridized carbons (Fsp3) is 0.133. The fourth-order valence-electron chi connectivity index (χ4n) is 1.74. The highest BCUT2D eigenvalue weighted by Gasteiger charge is 2.10. The molecule has 2 aromatic rings. The Labute approximate surface area is 117 Å². The van der Waals surface area contributed by atoms with Crippen molar-refractivity contribution in [3.8, 4) is 0 Å². The van der Waals surface area contributed by atoms with Gasteiger partial charge in [-0.2, -0.15) is 0 Å². The average molecular weight is 272 g/mol. The van der Waals surface area contributed by atoms with E-state index < -0.39 is 0 Å². The second-order valence-corrected chi connectivity index (χ2v) is 5.15. The number of amides is 1. The van der Waals surface area contributed by atoms with E-state index in [-0.39, 0.29) is 5.91 Å². The largest absolute Gasteiger partial charge is 0.398 e. The number of aryl methyl sites for hydroxylation is 1. The zero-order valence-corrected chi connectivity index (χ0v) is 11.8. The molecule has 0 aliphatic carbocycles. The van der Waals surface area contributed by atoms with Gasteiger partial charge in [0, 0.05) is 16.3 Å². The molecular weight excluding hydrogens is 256 g/mol. The van der Waals surface area contributed by atoms with Gasteiger partial charge in [0.2, 0.25) is 0 Å². The quantitative estimate of drug-likeness (QED) is 0.663. The number of anilines is 2. The highest BCUT2D eigenvalue weighted by Crippen LogP contribution is 2.19. The number of nitrogens with two attached hydrogens (primary N) is 1. The Balaban J connectivity index is 2.18. The normalized spacial score (nSPS) is 10.2. The summed E-state index contributed by atoms with van der Waals surface area (Å²) in [6, 6.07) is 13.1. The summed E-state index contributed by atoms with van der Waals surface area (Å²) in [5.41, 5.74) is 8.60. The predicted octanol–water partition coefficient (Wildman–Crippen LogP) is 3.55. The van der Waals surface area contributed by atoms with Gasteiger partial charge in [0.1, 0.15) is 0 Å². The van der Waals surface area contributed by atoms with Crippen molar-refractivity contribution in [2.24, 2.45) is 0 Å². The minimum absolute atomic E-state index is 0.182. The van der Waals surface area contributed by atoms with Crippen LogP contribution < -0.4 is 11.1 Å². The average Bonchev–Trinajstić information content (AvgIpc) is 2.42. The minimum Gasteiger partial charge on any atom is -0.398 e. The summed E-state index contributed by atoms with van der Waals surface area (Å²) in [6.45, 7) is 1.93. The van der Waals surface area contributed by atoms with Crippen LogP contribution in [-0.2, 0) is 0 Å². The number of thioether (sulfide) groups is 1. The third-order valence-corrected chi connectivity index (χ3v) is 3.54. The summed E-state index contributed by atoms with van der Waals surface area (Å²) < 4.78 is 0. The Morgan fingerprint density at radius 3 is 2.47 bits per heavy atom. The molecular formula is C15H16N2OS. The van der Waals surface area contributed by atoms with Crippen molar-refractivity contribution in [1.82, 2.24) is 0 Å². The lowest BCUT2D eigenvalue weighted by Crippen LogP contribution is -2.14. The number of benzene rings is 2. The number of nitrogen functional groups attached to an aromatic ring is 1. The second-order valence-electron chi connectivity index (χ2n) is 4.27. The van der Waals surface area contributed by atoms with Gasteiger partial charge < -0.3 is 11.1 Å². The van der Waals surface area contributed by atoms with Crippen LogP contribution in [0.25, 0.3) is 0 Å². The van der Waals surface area contributed by atoms with Gasteiger partial charge >= 0.3 is 0 Å². The first kappa shape index (κ1) is 13.5. The number of carbonyl (C=O) groups excluding carboxylic acids is 1. The van der Waals surface area contributed by atoms with Crippen LogP contribution in [0.3, 0.4) is 0 Å². The molecule has 98 valence electrons. The molecule has 3 nitrogen and oxygen atoms in total. The van der Waals surface area contributed by atoms with Crippen molar-refractivity contribution < 1.29 is 4.79 Å². The molecule has 0 bridgehead atoms. The lowest BCUT2D eigenvalue weighted by atomic mass is 10.1. The summed E-state index contributed by atoms with van der Waals surface area (Å²) in [4.78, 5) is 13.3. The van der Waals surface area contributed by atoms with Crippen LogP contribution in [-0.4, -0.2) is 12.2 Å². The van der Waals surface area contributed by atoms with Crippen LogP contribution in [0, 0.1) is 6.92 Å². The van der Waals surface area contributed by atoms with Gasteiger partial charge in [-0.15, -0.1) is 11.8 Å². The van der Waals surface area contributed by atoms with Crippen LogP contribution in [0.4, 0.5) is 11.4 Å². The first-order chi connectivity index (χ1) is 9.10. The van der Waals surface area contributed by atoms with E-state index in [0.717, 1.165) is 16.1 Å². The van der Waals surface area contributed by atoms with E-state index in [0.29, 0.717) is 11.3 Å². The Kier molecular flexibility index (Phi) is 4.12. The van der Waals surface area contributed by atoms with Crippen LogP contribution >= 0.6 is 11.8 Å². The summed E-state index contributed by atoms with van der Waals surface area (Å²) in [5, 5.41) is 2.85. The summed E-state index contributed by atoms with van der Waals surface area (Å²) >= 11 is 1.66. The van der Waals surface area contributed by atoms with E-state index in [1.54, 1.807) is 23.9 Å². The highest BCUT2D eigenvalue weighted by molar-refractivity contribution is 7.98. The lowest BCUT2D eigenvalue weighted by Gasteiger charge is -2.08. The van der Waals surface area contributed by atoms with E-state index in [1.807, 2.05) is 43.5 Å². The van der Waals surface area contributed by atoms with Gasteiger partial charge in [0.25, 0.3) is 5.91 Å². The van der Waals surface area contributed by atoms with E-state index >= 15 is 0 Å². The molecule has 0 radical (unpaired) electrons. The predicted molar refractivity (Wildman–Crippen MR) is 81.8 cm³/mol. The fourth-order valence-corrected chi connectivity index (χ4v) is 2.15. The molecule has 0 fully saturated rings. The maximum Gasteiger partial charge on any atom is 0.257 e. The number of nitrogens with one attached hydrogen (secondary N) is 1. The topological polar surface area (TPSA) is 55.1 Å². The van der Waals surface area contributed by atoms with Crippen molar-refractivity contribution in [2.45, 2.75) is 11.8 Å². The van der Waals surface area contributed by atoms with Crippen molar-refractivity contribution in [1.29, 1.82) is 0 Å². The molecule has 0 unspecified atom stereocenters. The Morgan fingerprint density at radius 2 is 1.84 bits per heavy atom. The molecule has 0 aliphatic rings. The van der Waals surface area contributed by atoms with E-state index in [2.05, 4.69) is 5.32 Å². The minimum atomic E-state index is -0.182. The third kappa shape index (κ3) is 3.29. The molecule has 1 amide bonds. The molecule has 3 N–H and O–H groups in total. The molecule has 0 aliphatic heterocycles. The number of hydrogen-bond acceptors (Lipinski definition) is 3. The number of hydrogen-bond donors (Lipinski definition) is 2. The smallest absolute Gasteiger partial charge is 0.257 e. The van der Waals surface area contributed by atoms with Gasteiger partial charge in [0.05, 0.1) is 5.56 Å². The Morgan fingerprint density at radius 1 is 1.16 bits per heavy atom. The van der Waals surface area contributed by atoms with Crippen LogP contribution in [0.15, 0.2) is 47.4 Å². The molecule has 0 spiro atoms. The number of carbonyl (C=O) groups is 1. The monoisotopic (exact) mass is 272 g/mol. The standard InChI is InChI=1S/C15H16N2OS/c1-10-3-8-14(16)13(9-10)15(18)17-11-4-6-12(19-2)7-5-11/h3-9H,16H2,1-2H3,(H,17,18). The Bertz CT molecular complexity index is 594. The maximum atomic E-state index is 12.1. The Hall–Kier alpha value is -1.94. The second kappa shape index (κ2) is 5.80. The lowest BCUT2D eigenvalue weighted by molar-refractivity contribution is 0.102. The maximum absolute atomic E-state index is 12.1. The molecule has 0 saturated heterocycles. The van der Waals surface area contributed by atoms with Gasteiger partial charge in [-0.05, 0) is 49.6 Å². The molecule has 0 heterocycles. The summed E-state index contributed by atoms with van der Waals surface area (Å²) in [6.07, 6.45) is 2.01.